The summed E-state index contributed by atoms with van der Waals surface area (Å²) >= 11 is 0. The molecule has 2 N–H and O–H groups in total. The Bertz CT molecular complexity index is 1410. The smallest absolute Gasteiger partial charge is 0.412 e. The molecule has 0 aliphatic heterocycles. The second kappa shape index (κ2) is 21.7. The number of hydrogen-bond acceptors (Lipinski definition) is 12. The van der Waals surface area contributed by atoms with Crippen molar-refractivity contribution >= 4 is 45.7 Å². The lowest BCUT2D eigenvalue weighted by molar-refractivity contribution is -0.140. The molecule has 3 rings (SSSR count). The van der Waals surface area contributed by atoms with Crippen molar-refractivity contribution in [2.75, 3.05) is 79.2 Å². The Morgan fingerprint density at radius 1 is 0.542 bits per heavy atom. The van der Waals surface area contributed by atoms with Crippen molar-refractivity contribution in [3.63, 3.8) is 0 Å². The first-order chi connectivity index (χ1) is 23.4. The zero-order valence-corrected chi connectivity index (χ0v) is 26.6. The normalized spacial score (nSPS) is 10.7. The SMILES string of the molecule is C=CC(=O)OCCOCCOCCNC(=O)Oc1ccc(OC(=O)NCCOCCOCCOC(=O)C=C)c2cc3ccccc3cc12. The fourth-order valence-corrected chi connectivity index (χ4v) is 4.04. The molecule has 3 aromatic rings. The molecule has 0 fully saturated rings. The van der Waals surface area contributed by atoms with Gasteiger partial charge in [-0.3, -0.25) is 0 Å². The van der Waals surface area contributed by atoms with Crippen LogP contribution in [0.15, 0.2) is 73.8 Å². The van der Waals surface area contributed by atoms with Crippen molar-refractivity contribution in [2.45, 2.75) is 0 Å². The number of fused-ring (bicyclic) bond motifs is 2. The minimum atomic E-state index is -0.679. The fourth-order valence-electron chi connectivity index (χ4n) is 4.04. The molecular formula is C34H40N2O12. The van der Waals surface area contributed by atoms with Crippen LogP contribution in [0.2, 0.25) is 0 Å². The number of ether oxygens (including phenoxy) is 8. The monoisotopic (exact) mass is 668 g/mol. The lowest BCUT2D eigenvalue weighted by atomic mass is 10.0. The van der Waals surface area contributed by atoms with E-state index < -0.39 is 24.1 Å². The van der Waals surface area contributed by atoms with Crippen molar-refractivity contribution in [1.82, 2.24) is 10.6 Å². The molecule has 3 aromatic carbocycles. The van der Waals surface area contributed by atoms with Crippen LogP contribution >= 0.6 is 0 Å². The number of carbonyl (C=O) groups is 4. The number of amides is 2. The largest absolute Gasteiger partial charge is 0.460 e. The first kappa shape index (κ1) is 37.4. The second-order valence-electron chi connectivity index (χ2n) is 9.63. The minimum absolute atomic E-state index is 0.122. The highest BCUT2D eigenvalue weighted by molar-refractivity contribution is 6.04. The number of benzene rings is 3. The Morgan fingerprint density at radius 2 is 0.917 bits per heavy atom. The van der Waals surface area contributed by atoms with Gasteiger partial charge in [-0.1, -0.05) is 37.4 Å². The molecule has 0 unspecified atom stereocenters. The van der Waals surface area contributed by atoms with Gasteiger partial charge in [-0.25, -0.2) is 19.2 Å². The summed E-state index contributed by atoms with van der Waals surface area (Å²) in [6.07, 6.45) is 0.799. The highest BCUT2D eigenvalue weighted by atomic mass is 16.6. The third-order valence-electron chi connectivity index (χ3n) is 6.26. The van der Waals surface area contributed by atoms with Crippen LogP contribution in [-0.4, -0.2) is 103 Å². The molecule has 0 bridgehead atoms. The van der Waals surface area contributed by atoms with E-state index in [1.54, 1.807) is 12.1 Å². The Hall–Kier alpha value is -5.02. The molecule has 0 atom stereocenters. The summed E-state index contributed by atoms with van der Waals surface area (Å²) in [5.41, 5.74) is 0. The summed E-state index contributed by atoms with van der Waals surface area (Å²) in [6, 6.07) is 14.5. The van der Waals surface area contributed by atoms with Crippen molar-refractivity contribution in [1.29, 1.82) is 0 Å². The average Bonchev–Trinajstić information content (AvgIpc) is 3.09. The highest BCUT2D eigenvalue weighted by Crippen LogP contribution is 2.36. The number of nitrogens with one attached hydrogen (secondary N) is 2. The zero-order valence-electron chi connectivity index (χ0n) is 26.6. The summed E-state index contributed by atoms with van der Waals surface area (Å²) < 4.78 is 42.2. The van der Waals surface area contributed by atoms with Gasteiger partial charge in [0.15, 0.2) is 0 Å². The summed E-state index contributed by atoms with van der Waals surface area (Å²) in [5, 5.41) is 8.23. The van der Waals surface area contributed by atoms with Crippen LogP contribution in [0.5, 0.6) is 11.5 Å². The van der Waals surface area contributed by atoms with E-state index in [0.29, 0.717) is 37.2 Å². The van der Waals surface area contributed by atoms with Gasteiger partial charge in [0.2, 0.25) is 0 Å². The summed E-state index contributed by atoms with van der Waals surface area (Å²) in [4.78, 5) is 47.0. The van der Waals surface area contributed by atoms with Gasteiger partial charge in [-0.05, 0) is 35.0 Å². The Labute approximate surface area is 277 Å². The van der Waals surface area contributed by atoms with Crippen LogP contribution in [0.1, 0.15) is 0 Å². The standard InChI is InChI=1S/C34H40N2O12/c1-3-31(37)45-21-19-43-17-15-41-13-11-35-33(39)47-29-9-10-30(28-24-26-8-6-5-7-25(26)23-27(28)29)48-34(40)36-12-14-42-16-18-44-20-22-46-32(38)4-2/h3-10,23-24H,1-2,11-22H2,(H,35,39)(H,36,40). The molecule has 2 amide bonds. The van der Waals surface area contributed by atoms with Crippen LogP contribution in [0, 0.1) is 0 Å². The van der Waals surface area contributed by atoms with E-state index in [2.05, 4.69) is 23.8 Å². The zero-order chi connectivity index (χ0) is 34.4. The van der Waals surface area contributed by atoms with Gasteiger partial charge in [0.05, 0.1) is 52.9 Å². The average molecular weight is 669 g/mol. The molecule has 0 spiro atoms. The molecule has 0 heterocycles. The lowest BCUT2D eigenvalue weighted by Crippen LogP contribution is -2.31. The molecule has 48 heavy (non-hydrogen) atoms. The Balaban J connectivity index is 1.43. The third kappa shape index (κ3) is 13.8. The van der Waals surface area contributed by atoms with Crippen molar-refractivity contribution in [2.24, 2.45) is 0 Å². The van der Waals surface area contributed by atoms with Gasteiger partial charge in [-0.15, -0.1) is 0 Å². The molecule has 0 radical (unpaired) electrons. The van der Waals surface area contributed by atoms with Gasteiger partial charge < -0.3 is 48.5 Å². The molecule has 0 saturated carbocycles. The molecule has 258 valence electrons. The maximum Gasteiger partial charge on any atom is 0.412 e. The van der Waals surface area contributed by atoms with E-state index in [4.69, 9.17) is 37.9 Å². The lowest BCUT2D eigenvalue weighted by Gasteiger charge is -2.14. The van der Waals surface area contributed by atoms with E-state index in [9.17, 15) is 19.2 Å². The van der Waals surface area contributed by atoms with Crippen molar-refractivity contribution in [3.8, 4) is 11.5 Å². The fraction of sp³-hybridized carbons (Fsp3) is 0.353. The van der Waals surface area contributed by atoms with E-state index in [-0.39, 0.29) is 64.2 Å². The number of carbonyl (C=O) groups excluding carboxylic acids is 4. The predicted molar refractivity (Wildman–Crippen MR) is 175 cm³/mol. The quantitative estimate of drug-likeness (QED) is 0.0691. The van der Waals surface area contributed by atoms with Crippen molar-refractivity contribution < 1.29 is 57.1 Å². The maximum absolute atomic E-state index is 12.6. The molecule has 0 aromatic heterocycles. The molecular weight excluding hydrogens is 628 g/mol. The Morgan fingerprint density at radius 3 is 1.31 bits per heavy atom. The van der Waals surface area contributed by atoms with Crippen LogP contribution < -0.4 is 20.1 Å². The molecule has 0 aliphatic rings. The molecule has 0 aliphatic carbocycles. The van der Waals surface area contributed by atoms with Crippen LogP contribution in [-0.2, 0) is 38.0 Å². The Kier molecular flexibility index (Phi) is 16.9. The molecule has 14 heteroatoms. The summed E-state index contributed by atoms with van der Waals surface area (Å²) in [6.45, 7) is 9.35. The number of rotatable bonds is 22. The highest BCUT2D eigenvalue weighted by Gasteiger charge is 2.15. The van der Waals surface area contributed by atoms with E-state index >= 15 is 0 Å². The molecule has 0 saturated heterocycles. The number of esters is 2. The maximum atomic E-state index is 12.6. The van der Waals surface area contributed by atoms with Gasteiger partial charge in [0.1, 0.15) is 24.7 Å². The molecule has 14 nitrogen and oxygen atoms in total. The number of hydrogen-bond donors (Lipinski definition) is 2. The van der Waals surface area contributed by atoms with Crippen LogP contribution in [0.25, 0.3) is 21.5 Å². The first-order valence-electron chi connectivity index (χ1n) is 15.2. The topological polar surface area (TPSA) is 166 Å². The summed E-state index contributed by atoms with van der Waals surface area (Å²) in [5.74, 6) is -0.463. The summed E-state index contributed by atoms with van der Waals surface area (Å²) in [7, 11) is 0. The van der Waals surface area contributed by atoms with E-state index in [1.165, 1.54) is 0 Å². The van der Waals surface area contributed by atoms with E-state index in [0.717, 1.165) is 22.9 Å². The van der Waals surface area contributed by atoms with Crippen LogP contribution in [0.4, 0.5) is 9.59 Å². The van der Waals surface area contributed by atoms with Gasteiger partial charge in [0.25, 0.3) is 0 Å². The van der Waals surface area contributed by atoms with E-state index in [1.807, 2.05) is 36.4 Å². The van der Waals surface area contributed by atoms with Crippen molar-refractivity contribution in [3.05, 3.63) is 73.8 Å². The minimum Gasteiger partial charge on any atom is -0.460 e. The second-order valence-corrected chi connectivity index (χ2v) is 9.63. The first-order valence-corrected chi connectivity index (χ1v) is 15.2. The van der Waals surface area contributed by atoms with Gasteiger partial charge in [-0.2, -0.15) is 0 Å². The van der Waals surface area contributed by atoms with Gasteiger partial charge in [0, 0.05) is 36.0 Å². The predicted octanol–water partition coefficient (Wildman–Crippen LogP) is 3.69. The van der Waals surface area contributed by atoms with Crippen LogP contribution in [0.3, 0.4) is 0 Å². The van der Waals surface area contributed by atoms with Gasteiger partial charge >= 0.3 is 24.1 Å². The third-order valence-corrected chi connectivity index (χ3v) is 6.26.